The van der Waals surface area contributed by atoms with Gasteiger partial charge in [-0.1, -0.05) is 42.5 Å². The predicted molar refractivity (Wildman–Crippen MR) is 99.2 cm³/mol. The second-order valence-corrected chi connectivity index (χ2v) is 7.85. The normalized spacial score (nSPS) is 11.4. The van der Waals surface area contributed by atoms with E-state index < -0.39 is 10.0 Å². The second kappa shape index (κ2) is 9.33. The summed E-state index contributed by atoms with van der Waals surface area (Å²) in [6.07, 6.45) is 0.737. The van der Waals surface area contributed by atoms with Crippen LogP contribution >= 0.6 is 0 Å². The van der Waals surface area contributed by atoms with E-state index in [1.807, 2.05) is 31.3 Å². The van der Waals surface area contributed by atoms with E-state index in [0.29, 0.717) is 17.7 Å². The fourth-order valence-electron chi connectivity index (χ4n) is 2.55. The molecule has 5 nitrogen and oxygen atoms in total. The molecule has 0 atom stereocenters. The zero-order valence-corrected chi connectivity index (χ0v) is 15.2. The summed E-state index contributed by atoms with van der Waals surface area (Å²) < 4.78 is 26.9. The lowest BCUT2D eigenvalue weighted by molar-refractivity contribution is 0.322. The van der Waals surface area contributed by atoms with Crippen LogP contribution in [-0.2, 0) is 22.3 Å². The maximum Gasteiger partial charge on any atom is 0.215 e. The average molecular weight is 357 g/mol. The summed E-state index contributed by atoms with van der Waals surface area (Å²) >= 11 is 0. The van der Waals surface area contributed by atoms with Crippen molar-refractivity contribution in [3.8, 4) is 6.07 Å². The summed E-state index contributed by atoms with van der Waals surface area (Å²) in [6.45, 7) is 2.05. The van der Waals surface area contributed by atoms with Crippen LogP contribution in [0.5, 0.6) is 0 Å². The van der Waals surface area contributed by atoms with Gasteiger partial charge in [0, 0.05) is 13.1 Å². The van der Waals surface area contributed by atoms with Crippen molar-refractivity contribution < 1.29 is 8.42 Å². The fourth-order valence-corrected chi connectivity index (χ4v) is 3.73. The minimum absolute atomic E-state index is 0.109. The van der Waals surface area contributed by atoms with Crippen molar-refractivity contribution in [2.75, 3.05) is 20.1 Å². The Morgan fingerprint density at radius 1 is 1.08 bits per heavy atom. The van der Waals surface area contributed by atoms with Crippen LogP contribution in [-0.4, -0.2) is 33.5 Å². The first-order valence-corrected chi connectivity index (χ1v) is 9.82. The maximum atomic E-state index is 12.1. The number of nitrogens with zero attached hydrogens (tertiary/aromatic N) is 2. The van der Waals surface area contributed by atoms with Crippen LogP contribution < -0.4 is 4.72 Å². The highest BCUT2D eigenvalue weighted by molar-refractivity contribution is 7.88. The number of nitrogens with one attached hydrogen (secondary N) is 1. The van der Waals surface area contributed by atoms with Crippen LogP contribution in [0, 0.1) is 11.3 Å². The van der Waals surface area contributed by atoms with Crippen molar-refractivity contribution in [1.82, 2.24) is 9.62 Å². The third-order valence-corrected chi connectivity index (χ3v) is 5.10. The quantitative estimate of drug-likeness (QED) is 0.700. The van der Waals surface area contributed by atoms with Gasteiger partial charge in [0.15, 0.2) is 0 Å². The van der Waals surface area contributed by atoms with E-state index in [9.17, 15) is 8.42 Å². The lowest BCUT2D eigenvalue weighted by Gasteiger charge is -2.16. The molecule has 0 amide bonds. The Bertz CT molecular complexity index is 814. The number of nitriles is 1. The molecule has 1 N–H and O–H groups in total. The van der Waals surface area contributed by atoms with E-state index >= 15 is 0 Å². The van der Waals surface area contributed by atoms with E-state index in [2.05, 4.69) is 21.8 Å². The third kappa shape index (κ3) is 7.06. The zero-order chi connectivity index (χ0) is 18.1. The Morgan fingerprint density at radius 3 is 2.52 bits per heavy atom. The first-order valence-electron chi connectivity index (χ1n) is 8.17. The highest BCUT2D eigenvalue weighted by Crippen LogP contribution is 2.08. The van der Waals surface area contributed by atoms with Gasteiger partial charge >= 0.3 is 0 Å². The molecule has 0 aliphatic heterocycles. The molecule has 0 heterocycles. The molecule has 0 unspecified atom stereocenters. The second-order valence-electron chi connectivity index (χ2n) is 6.04. The van der Waals surface area contributed by atoms with Crippen molar-refractivity contribution in [1.29, 1.82) is 5.26 Å². The van der Waals surface area contributed by atoms with Crippen LogP contribution in [0.1, 0.15) is 23.1 Å². The van der Waals surface area contributed by atoms with Gasteiger partial charge in [0.2, 0.25) is 10.0 Å². The molecule has 2 aromatic rings. The lowest BCUT2D eigenvalue weighted by atomic mass is 10.2. The summed E-state index contributed by atoms with van der Waals surface area (Å²) in [7, 11) is -1.37. The molecule has 0 saturated carbocycles. The van der Waals surface area contributed by atoms with E-state index in [4.69, 9.17) is 5.26 Å². The van der Waals surface area contributed by atoms with Crippen molar-refractivity contribution in [2.45, 2.75) is 18.7 Å². The van der Waals surface area contributed by atoms with Gasteiger partial charge in [-0.15, -0.1) is 0 Å². The van der Waals surface area contributed by atoms with E-state index in [1.54, 1.807) is 24.3 Å². The van der Waals surface area contributed by atoms with Gasteiger partial charge in [-0.05, 0) is 43.3 Å². The van der Waals surface area contributed by atoms with Crippen molar-refractivity contribution >= 4 is 10.0 Å². The highest BCUT2D eigenvalue weighted by Gasteiger charge is 2.11. The molecule has 25 heavy (non-hydrogen) atoms. The fraction of sp³-hybridized carbons (Fsp3) is 0.316. The largest absolute Gasteiger partial charge is 0.302 e. The monoisotopic (exact) mass is 357 g/mol. The van der Waals surface area contributed by atoms with Crippen LogP contribution in [0.2, 0.25) is 0 Å². The molecular formula is C19H23N3O2S. The summed E-state index contributed by atoms with van der Waals surface area (Å²) in [6, 6.07) is 18.9. The summed E-state index contributed by atoms with van der Waals surface area (Å²) in [5.74, 6) is -0.109. The Labute approximate surface area is 150 Å². The summed E-state index contributed by atoms with van der Waals surface area (Å²) in [4.78, 5) is 2.17. The average Bonchev–Trinajstić information content (AvgIpc) is 2.59. The molecule has 0 spiro atoms. The minimum Gasteiger partial charge on any atom is -0.302 e. The van der Waals surface area contributed by atoms with E-state index in [1.165, 1.54) is 5.56 Å². The van der Waals surface area contributed by atoms with Gasteiger partial charge < -0.3 is 4.90 Å². The topological polar surface area (TPSA) is 73.2 Å². The van der Waals surface area contributed by atoms with E-state index in [-0.39, 0.29) is 5.75 Å². The van der Waals surface area contributed by atoms with Crippen molar-refractivity contribution in [3.63, 3.8) is 0 Å². The molecule has 0 aromatic heterocycles. The molecule has 2 rings (SSSR count). The number of hydrogen-bond donors (Lipinski definition) is 1. The van der Waals surface area contributed by atoms with Crippen molar-refractivity contribution in [2.24, 2.45) is 0 Å². The lowest BCUT2D eigenvalue weighted by Crippen LogP contribution is -2.29. The molecule has 2 aromatic carbocycles. The smallest absolute Gasteiger partial charge is 0.215 e. The molecule has 0 saturated heterocycles. The van der Waals surface area contributed by atoms with Gasteiger partial charge in [-0.25, -0.2) is 13.1 Å². The molecular weight excluding hydrogens is 334 g/mol. The molecule has 0 aliphatic rings. The molecule has 0 fully saturated rings. The Morgan fingerprint density at radius 2 is 1.80 bits per heavy atom. The molecule has 6 heteroatoms. The standard InChI is InChI=1S/C19H23N3O2S/c1-22(15-17-7-3-2-4-8-17)12-6-11-21-25(23,24)16-19-10-5-9-18(13-19)14-20/h2-5,7-10,13,21H,6,11-12,15-16H2,1H3. The number of benzene rings is 2. The highest BCUT2D eigenvalue weighted by atomic mass is 32.2. The van der Waals surface area contributed by atoms with Crippen molar-refractivity contribution in [3.05, 3.63) is 71.3 Å². The molecule has 0 radical (unpaired) electrons. The van der Waals surface area contributed by atoms with Gasteiger partial charge in [0.25, 0.3) is 0 Å². The maximum absolute atomic E-state index is 12.1. The van der Waals surface area contributed by atoms with Crippen LogP contribution in [0.15, 0.2) is 54.6 Å². The molecule has 132 valence electrons. The third-order valence-electron chi connectivity index (χ3n) is 3.75. The first-order chi connectivity index (χ1) is 12.0. The van der Waals surface area contributed by atoms with Crippen LogP contribution in [0.25, 0.3) is 0 Å². The number of rotatable bonds is 9. The number of sulfonamides is 1. The minimum atomic E-state index is -3.39. The van der Waals surface area contributed by atoms with Gasteiger partial charge in [-0.3, -0.25) is 0 Å². The van der Waals surface area contributed by atoms with Crippen LogP contribution in [0.3, 0.4) is 0 Å². The van der Waals surface area contributed by atoms with Gasteiger partial charge in [0.05, 0.1) is 17.4 Å². The Balaban J connectivity index is 1.73. The van der Waals surface area contributed by atoms with Gasteiger partial charge in [-0.2, -0.15) is 5.26 Å². The summed E-state index contributed by atoms with van der Waals surface area (Å²) in [5, 5.41) is 8.87. The Kier molecular flexibility index (Phi) is 7.14. The molecule has 0 bridgehead atoms. The van der Waals surface area contributed by atoms with Crippen LogP contribution in [0.4, 0.5) is 0 Å². The molecule has 0 aliphatic carbocycles. The predicted octanol–water partition coefficient (Wildman–Crippen LogP) is 2.50. The number of hydrogen-bond acceptors (Lipinski definition) is 4. The Hall–Kier alpha value is -2.20. The summed E-state index contributed by atoms with van der Waals surface area (Å²) in [5.41, 5.74) is 2.32. The SMILES string of the molecule is CN(CCCNS(=O)(=O)Cc1cccc(C#N)c1)Cc1ccccc1. The van der Waals surface area contributed by atoms with Gasteiger partial charge in [0.1, 0.15) is 0 Å². The van der Waals surface area contributed by atoms with E-state index in [0.717, 1.165) is 19.5 Å². The zero-order valence-electron chi connectivity index (χ0n) is 14.4. The first kappa shape index (κ1) is 19.1.